The van der Waals surface area contributed by atoms with Crippen LogP contribution in [0.1, 0.15) is 32.3 Å². The fourth-order valence-corrected chi connectivity index (χ4v) is 3.61. The molecule has 1 aromatic rings. The molecule has 1 heterocycles. The van der Waals surface area contributed by atoms with Crippen molar-refractivity contribution in [2.24, 2.45) is 0 Å². The predicted octanol–water partition coefficient (Wildman–Crippen LogP) is 3.48. The van der Waals surface area contributed by atoms with Crippen LogP contribution in [0.3, 0.4) is 0 Å². The highest BCUT2D eigenvalue weighted by Gasteiger charge is 2.24. The Labute approximate surface area is 137 Å². The van der Waals surface area contributed by atoms with Gasteiger partial charge in [-0.05, 0) is 60.1 Å². The number of nitrogens with zero attached hydrogens (tertiary/aromatic N) is 2. The Morgan fingerprint density at radius 1 is 1.29 bits per heavy atom. The molecule has 0 bridgehead atoms. The minimum Gasteiger partial charge on any atom is -0.368 e. The van der Waals surface area contributed by atoms with Crippen molar-refractivity contribution < 1.29 is 0 Å². The summed E-state index contributed by atoms with van der Waals surface area (Å²) in [4.78, 5) is 4.99. The van der Waals surface area contributed by atoms with Gasteiger partial charge in [-0.15, -0.1) is 0 Å². The van der Waals surface area contributed by atoms with Crippen LogP contribution in [0.15, 0.2) is 22.7 Å². The van der Waals surface area contributed by atoms with Crippen molar-refractivity contribution in [3.8, 4) is 0 Å². The second-order valence-corrected chi connectivity index (χ2v) is 6.81. The van der Waals surface area contributed by atoms with Gasteiger partial charge in [0.05, 0.1) is 5.69 Å². The van der Waals surface area contributed by atoms with Gasteiger partial charge in [0.2, 0.25) is 0 Å². The molecule has 0 amide bonds. The largest absolute Gasteiger partial charge is 0.368 e. The lowest BCUT2D eigenvalue weighted by atomic mass is 10.1. The van der Waals surface area contributed by atoms with Gasteiger partial charge in [0.15, 0.2) is 0 Å². The quantitative estimate of drug-likeness (QED) is 0.789. The van der Waals surface area contributed by atoms with Crippen molar-refractivity contribution in [3.63, 3.8) is 0 Å². The fraction of sp³-hybridized carbons (Fsp3) is 0.647. The number of piperazine rings is 1. The highest BCUT2D eigenvalue weighted by Crippen LogP contribution is 2.29. The second kappa shape index (κ2) is 8.16. The van der Waals surface area contributed by atoms with Crippen LogP contribution >= 0.6 is 15.9 Å². The zero-order valence-electron chi connectivity index (χ0n) is 13.5. The first kappa shape index (κ1) is 16.8. The van der Waals surface area contributed by atoms with Crippen LogP contribution in [0.4, 0.5) is 5.69 Å². The maximum Gasteiger partial charge on any atom is 0.0511 e. The van der Waals surface area contributed by atoms with E-state index in [4.69, 9.17) is 0 Å². The van der Waals surface area contributed by atoms with Crippen molar-refractivity contribution in [1.82, 2.24) is 10.2 Å². The van der Waals surface area contributed by atoms with E-state index in [1.54, 1.807) is 0 Å². The molecule has 1 aromatic carbocycles. The number of rotatable bonds is 6. The first-order valence-corrected chi connectivity index (χ1v) is 8.89. The van der Waals surface area contributed by atoms with Crippen LogP contribution in [0.5, 0.6) is 0 Å². The van der Waals surface area contributed by atoms with Gasteiger partial charge in [0, 0.05) is 36.7 Å². The Bertz CT molecular complexity index is 450. The van der Waals surface area contributed by atoms with E-state index in [1.807, 2.05) is 0 Å². The average molecular weight is 354 g/mol. The Morgan fingerprint density at radius 3 is 2.76 bits per heavy atom. The van der Waals surface area contributed by atoms with Gasteiger partial charge in [-0.25, -0.2) is 0 Å². The average Bonchev–Trinajstić information content (AvgIpc) is 2.48. The Kier molecular flexibility index (Phi) is 6.52. The summed E-state index contributed by atoms with van der Waals surface area (Å²) in [6, 6.07) is 7.45. The number of halogens is 1. The normalized spacial score (nSPS) is 20.0. The number of hydrogen-bond acceptors (Lipinski definition) is 3. The molecule has 0 radical (unpaired) electrons. The Morgan fingerprint density at radius 2 is 2.10 bits per heavy atom. The zero-order chi connectivity index (χ0) is 15.2. The third-order valence-electron chi connectivity index (χ3n) is 4.36. The van der Waals surface area contributed by atoms with E-state index in [9.17, 15) is 0 Å². The van der Waals surface area contributed by atoms with Crippen LogP contribution < -0.4 is 10.2 Å². The van der Waals surface area contributed by atoms with E-state index >= 15 is 0 Å². The molecule has 3 nitrogen and oxygen atoms in total. The molecule has 1 unspecified atom stereocenters. The molecule has 21 heavy (non-hydrogen) atoms. The van der Waals surface area contributed by atoms with Gasteiger partial charge in [0.1, 0.15) is 0 Å². The summed E-state index contributed by atoms with van der Waals surface area (Å²) >= 11 is 3.77. The minimum absolute atomic E-state index is 0.663. The number of hydrogen-bond donors (Lipinski definition) is 1. The summed E-state index contributed by atoms with van der Waals surface area (Å²) in [5.41, 5.74) is 2.68. The van der Waals surface area contributed by atoms with Crippen LogP contribution in [0.2, 0.25) is 0 Å². The van der Waals surface area contributed by atoms with E-state index in [0.717, 1.165) is 32.7 Å². The molecule has 1 aliphatic heterocycles. The van der Waals surface area contributed by atoms with Gasteiger partial charge in [0.25, 0.3) is 0 Å². The summed E-state index contributed by atoms with van der Waals surface area (Å²) in [7, 11) is 2.24. The molecule has 0 spiro atoms. The maximum absolute atomic E-state index is 3.77. The van der Waals surface area contributed by atoms with E-state index in [-0.39, 0.29) is 0 Å². The SMILES string of the molecule is CCCNCc1ccc(N2CCN(C)C(CC)C2)c(Br)c1. The second-order valence-electron chi connectivity index (χ2n) is 5.95. The number of likely N-dealkylation sites (N-methyl/N-ethyl adjacent to an activating group) is 1. The topological polar surface area (TPSA) is 18.5 Å². The van der Waals surface area contributed by atoms with Crippen molar-refractivity contribution >= 4 is 21.6 Å². The molecule has 4 heteroatoms. The highest BCUT2D eigenvalue weighted by molar-refractivity contribution is 9.10. The number of benzene rings is 1. The molecule has 1 atom stereocenters. The fourth-order valence-electron chi connectivity index (χ4n) is 2.93. The van der Waals surface area contributed by atoms with Gasteiger partial charge >= 0.3 is 0 Å². The van der Waals surface area contributed by atoms with E-state index < -0.39 is 0 Å². The molecule has 1 N–H and O–H groups in total. The van der Waals surface area contributed by atoms with Crippen molar-refractivity contribution in [3.05, 3.63) is 28.2 Å². The molecule has 1 aliphatic rings. The van der Waals surface area contributed by atoms with Crippen molar-refractivity contribution in [2.45, 2.75) is 39.3 Å². The Balaban J connectivity index is 2.03. The lowest BCUT2D eigenvalue weighted by molar-refractivity contribution is 0.213. The smallest absolute Gasteiger partial charge is 0.0511 e. The summed E-state index contributed by atoms with van der Waals surface area (Å²) in [6.45, 7) is 9.89. The van der Waals surface area contributed by atoms with Gasteiger partial charge < -0.3 is 10.2 Å². The van der Waals surface area contributed by atoms with Crippen molar-refractivity contribution in [1.29, 1.82) is 0 Å². The molecule has 1 fully saturated rings. The van der Waals surface area contributed by atoms with Crippen LogP contribution in [0, 0.1) is 0 Å². The van der Waals surface area contributed by atoms with Crippen LogP contribution in [-0.4, -0.2) is 44.2 Å². The molecule has 0 aliphatic carbocycles. The molecule has 0 saturated carbocycles. The van der Waals surface area contributed by atoms with Crippen LogP contribution in [0.25, 0.3) is 0 Å². The standard InChI is InChI=1S/C17H28BrN3/c1-4-8-19-12-14-6-7-17(16(18)11-14)21-10-9-20(3)15(5-2)13-21/h6-7,11,15,19H,4-5,8-10,12-13H2,1-3H3. The number of anilines is 1. The maximum atomic E-state index is 3.77. The monoisotopic (exact) mass is 353 g/mol. The number of nitrogens with one attached hydrogen (secondary N) is 1. The summed E-state index contributed by atoms with van der Waals surface area (Å²) in [5.74, 6) is 0. The third kappa shape index (κ3) is 4.44. The molecule has 1 saturated heterocycles. The molecule has 2 rings (SSSR count). The Hall–Kier alpha value is -0.580. The zero-order valence-corrected chi connectivity index (χ0v) is 15.1. The van der Waals surface area contributed by atoms with E-state index in [1.165, 1.54) is 28.6 Å². The lowest BCUT2D eigenvalue weighted by Crippen LogP contribution is -2.51. The first-order valence-electron chi connectivity index (χ1n) is 8.10. The minimum atomic E-state index is 0.663. The summed E-state index contributed by atoms with van der Waals surface area (Å²) < 4.78 is 1.22. The highest BCUT2D eigenvalue weighted by atomic mass is 79.9. The van der Waals surface area contributed by atoms with Crippen molar-refractivity contribution in [2.75, 3.05) is 38.1 Å². The summed E-state index contributed by atoms with van der Waals surface area (Å²) in [5, 5.41) is 3.46. The van der Waals surface area contributed by atoms with Gasteiger partial charge in [-0.2, -0.15) is 0 Å². The molecule has 0 aromatic heterocycles. The molecular formula is C17H28BrN3. The van der Waals surface area contributed by atoms with Crippen LogP contribution in [-0.2, 0) is 6.54 Å². The van der Waals surface area contributed by atoms with E-state index in [2.05, 4.69) is 70.1 Å². The summed E-state index contributed by atoms with van der Waals surface area (Å²) in [6.07, 6.45) is 2.39. The van der Waals surface area contributed by atoms with Gasteiger partial charge in [-0.3, -0.25) is 4.90 Å². The molecular weight excluding hydrogens is 326 g/mol. The molecule has 118 valence electrons. The van der Waals surface area contributed by atoms with E-state index in [0.29, 0.717) is 6.04 Å². The predicted molar refractivity (Wildman–Crippen MR) is 95.1 cm³/mol. The first-order chi connectivity index (χ1) is 10.2. The lowest BCUT2D eigenvalue weighted by Gasteiger charge is -2.40. The third-order valence-corrected chi connectivity index (χ3v) is 4.99. The van der Waals surface area contributed by atoms with Gasteiger partial charge in [-0.1, -0.05) is 19.9 Å².